The molecule has 146 valence electrons. The fraction of sp³-hybridized carbons (Fsp3) is 0.286. The van der Waals surface area contributed by atoms with Crippen LogP contribution in [0.5, 0.6) is 11.5 Å². The lowest BCUT2D eigenvalue weighted by Crippen LogP contribution is -2.35. The Morgan fingerprint density at radius 2 is 1.86 bits per heavy atom. The topological polar surface area (TPSA) is 84.9 Å². The number of hydrogen-bond donors (Lipinski definition) is 1. The zero-order valence-corrected chi connectivity index (χ0v) is 15.9. The number of hydrogen-bond acceptors (Lipinski definition) is 5. The van der Waals surface area contributed by atoms with Crippen LogP contribution in [0.1, 0.15) is 36.5 Å². The molecule has 1 saturated heterocycles. The van der Waals surface area contributed by atoms with Gasteiger partial charge in [0, 0.05) is 31.6 Å². The first kappa shape index (κ1) is 19.4. The number of para-hydroxylation sites is 1. The number of nitrogens with zero attached hydrogens (tertiary/aromatic N) is 1. The summed E-state index contributed by atoms with van der Waals surface area (Å²) in [6.07, 6.45) is 2.36. The van der Waals surface area contributed by atoms with Gasteiger partial charge >= 0.3 is 5.97 Å². The van der Waals surface area contributed by atoms with Gasteiger partial charge in [0.2, 0.25) is 5.91 Å². The zero-order chi connectivity index (χ0) is 20.1. The Morgan fingerprint density at radius 3 is 2.57 bits per heavy atom. The van der Waals surface area contributed by atoms with Gasteiger partial charge < -0.3 is 19.7 Å². The van der Waals surface area contributed by atoms with Crippen LogP contribution in [0.4, 0.5) is 11.4 Å². The average molecular weight is 382 g/mol. The summed E-state index contributed by atoms with van der Waals surface area (Å²) in [5.41, 5.74) is 1.44. The van der Waals surface area contributed by atoms with Gasteiger partial charge in [-0.1, -0.05) is 12.1 Å². The van der Waals surface area contributed by atoms with Crippen LogP contribution in [0, 0.1) is 0 Å². The second kappa shape index (κ2) is 8.56. The van der Waals surface area contributed by atoms with Crippen LogP contribution in [-0.4, -0.2) is 31.4 Å². The molecule has 28 heavy (non-hydrogen) atoms. The summed E-state index contributed by atoms with van der Waals surface area (Å²) in [6, 6.07) is 11.6. The molecule has 0 bridgehead atoms. The highest BCUT2D eigenvalue weighted by molar-refractivity contribution is 6.07. The standard InChI is InChI=1S/C21H22N2O5/c1-14(24)28-18-8-4-3-7-16(18)21(26)22-15-10-11-17(19(13-15)27-2)23-12-6-5-9-20(23)25/h3-4,7-8,10-11,13H,5-6,9,12H2,1-2H3,(H,22,26). The summed E-state index contributed by atoms with van der Waals surface area (Å²) in [4.78, 5) is 37.8. The van der Waals surface area contributed by atoms with Gasteiger partial charge in [0.05, 0.1) is 18.4 Å². The van der Waals surface area contributed by atoms with Gasteiger partial charge in [-0.15, -0.1) is 0 Å². The minimum absolute atomic E-state index is 0.0663. The smallest absolute Gasteiger partial charge is 0.308 e. The normalized spacial score (nSPS) is 13.8. The molecule has 0 radical (unpaired) electrons. The Balaban J connectivity index is 1.82. The highest BCUT2D eigenvalue weighted by Gasteiger charge is 2.23. The van der Waals surface area contributed by atoms with Crippen molar-refractivity contribution in [2.24, 2.45) is 0 Å². The molecule has 0 spiro atoms. The van der Waals surface area contributed by atoms with Crippen LogP contribution >= 0.6 is 0 Å². The first-order valence-corrected chi connectivity index (χ1v) is 9.07. The number of esters is 1. The van der Waals surface area contributed by atoms with Crippen LogP contribution in [0.15, 0.2) is 42.5 Å². The number of amides is 2. The van der Waals surface area contributed by atoms with Gasteiger partial charge in [-0.25, -0.2) is 0 Å². The number of rotatable bonds is 5. The van der Waals surface area contributed by atoms with Gasteiger partial charge in [0.1, 0.15) is 11.5 Å². The monoisotopic (exact) mass is 382 g/mol. The molecule has 0 unspecified atom stereocenters. The maximum atomic E-state index is 12.6. The minimum atomic E-state index is -0.502. The lowest BCUT2D eigenvalue weighted by atomic mass is 10.1. The van der Waals surface area contributed by atoms with Gasteiger partial charge in [-0.2, -0.15) is 0 Å². The van der Waals surface area contributed by atoms with Gasteiger partial charge in [0.25, 0.3) is 5.91 Å². The van der Waals surface area contributed by atoms with Crippen molar-refractivity contribution in [1.29, 1.82) is 0 Å². The Kier molecular flexibility index (Phi) is 5.93. The molecule has 0 atom stereocenters. The molecule has 1 heterocycles. The van der Waals surface area contributed by atoms with E-state index in [4.69, 9.17) is 9.47 Å². The second-order valence-electron chi connectivity index (χ2n) is 6.43. The van der Waals surface area contributed by atoms with Crippen molar-refractivity contribution in [2.75, 3.05) is 23.9 Å². The molecule has 2 aromatic rings. The van der Waals surface area contributed by atoms with E-state index in [0.717, 1.165) is 12.8 Å². The molecule has 7 heteroatoms. The molecule has 0 saturated carbocycles. The molecule has 2 aromatic carbocycles. The third-order valence-corrected chi connectivity index (χ3v) is 4.44. The number of piperidine rings is 1. The summed E-state index contributed by atoms with van der Waals surface area (Å²) in [5.74, 6) is -0.161. The van der Waals surface area contributed by atoms with E-state index in [1.807, 2.05) is 0 Å². The molecule has 1 aliphatic rings. The molecule has 7 nitrogen and oxygen atoms in total. The first-order chi connectivity index (χ1) is 13.5. The van der Waals surface area contributed by atoms with Crippen LogP contribution in [0.25, 0.3) is 0 Å². The summed E-state index contributed by atoms with van der Waals surface area (Å²) in [5, 5.41) is 2.77. The number of benzene rings is 2. The quantitative estimate of drug-likeness (QED) is 0.633. The van der Waals surface area contributed by atoms with Crippen molar-refractivity contribution in [3.8, 4) is 11.5 Å². The number of ether oxygens (including phenoxy) is 2. The summed E-state index contributed by atoms with van der Waals surface area (Å²) in [7, 11) is 1.52. The van der Waals surface area contributed by atoms with Crippen molar-refractivity contribution in [3.05, 3.63) is 48.0 Å². The van der Waals surface area contributed by atoms with Crippen LogP contribution in [0.3, 0.4) is 0 Å². The maximum Gasteiger partial charge on any atom is 0.308 e. The zero-order valence-electron chi connectivity index (χ0n) is 15.9. The van der Waals surface area contributed by atoms with E-state index in [0.29, 0.717) is 30.1 Å². The molecule has 0 aliphatic carbocycles. The van der Waals surface area contributed by atoms with E-state index >= 15 is 0 Å². The summed E-state index contributed by atoms with van der Waals surface area (Å²) in [6.45, 7) is 1.93. The Hall–Kier alpha value is -3.35. The van der Waals surface area contributed by atoms with Crippen LogP contribution in [-0.2, 0) is 9.59 Å². The predicted molar refractivity (Wildman–Crippen MR) is 105 cm³/mol. The van der Waals surface area contributed by atoms with Gasteiger partial charge in [0.15, 0.2) is 0 Å². The maximum absolute atomic E-state index is 12.6. The minimum Gasteiger partial charge on any atom is -0.494 e. The van der Waals surface area contributed by atoms with E-state index in [-0.39, 0.29) is 17.2 Å². The van der Waals surface area contributed by atoms with Crippen molar-refractivity contribution in [3.63, 3.8) is 0 Å². The van der Waals surface area contributed by atoms with E-state index < -0.39 is 11.9 Å². The van der Waals surface area contributed by atoms with Gasteiger partial charge in [-0.05, 0) is 37.1 Å². The van der Waals surface area contributed by atoms with E-state index in [2.05, 4.69) is 5.32 Å². The van der Waals surface area contributed by atoms with E-state index in [1.165, 1.54) is 14.0 Å². The molecular formula is C21H22N2O5. The number of carbonyl (C=O) groups is 3. The fourth-order valence-corrected chi connectivity index (χ4v) is 3.14. The predicted octanol–water partition coefficient (Wildman–Crippen LogP) is 3.39. The number of nitrogens with one attached hydrogen (secondary N) is 1. The molecular weight excluding hydrogens is 360 g/mol. The van der Waals surface area contributed by atoms with Crippen LogP contribution in [0.2, 0.25) is 0 Å². The highest BCUT2D eigenvalue weighted by Crippen LogP contribution is 2.33. The summed E-state index contributed by atoms with van der Waals surface area (Å²) < 4.78 is 10.5. The molecule has 1 N–H and O–H groups in total. The fourth-order valence-electron chi connectivity index (χ4n) is 3.14. The number of methoxy groups -OCH3 is 1. The van der Waals surface area contributed by atoms with Crippen molar-refractivity contribution < 1.29 is 23.9 Å². The van der Waals surface area contributed by atoms with Crippen LogP contribution < -0.4 is 19.7 Å². The van der Waals surface area contributed by atoms with E-state index in [9.17, 15) is 14.4 Å². The third-order valence-electron chi connectivity index (χ3n) is 4.44. The van der Waals surface area contributed by atoms with E-state index in [1.54, 1.807) is 47.4 Å². The molecule has 3 rings (SSSR count). The highest BCUT2D eigenvalue weighted by atomic mass is 16.5. The van der Waals surface area contributed by atoms with Crippen molar-refractivity contribution >= 4 is 29.2 Å². The largest absolute Gasteiger partial charge is 0.494 e. The van der Waals surface area contributed by atoms with Crippen molar-refractivity contribution in [2.45, 2.75) is 26.2 Å². The number of anilines is 2. The summed E-state index contributed by atoms with van der Waals surface area (Å²) >= 11 is 0. The Labute approximate surface area is 163 Å². The average Bonchev–Trinajstić information content (AvgIpc) is 2.68. The lowest BCUT2D eigenvalue weighted by Gasteiger charge is -2.28. The SMILES string of the molecule is COc1cc(NC(=O)c2ccccc2OC(C)=O)ccc1N1CCCCC1=O. The molecule has 1 fully saturated rings. The Bertz CT molecular complexity index is 909. The number of carbonyl (C=O) groups excluding carboxylic acids is 3. The second-order valence-corrected chi connectivity index (χ2v) is 6.43. The third kappa shape index (κ3) is 4.31. The van der Waals surface area contributed by atoms with Crippen molar-refractivity contribution in [1.82, 2.24) is 0 Å². The Morgan fingerprint density at radius 1 is 1.07 bits per heavy atom. The molecule has 2 amide bonds. The first-order valence-electron chi connectivity index (χ1n) is 9.07. The van der Waals surface area contributed by atoms with Gasteiger partial charge in [-0.3, -0.25) is 14.4 Å². The molecule has 0 aromatic heterocycles. The molecule has 1 aliphatic heterocycles. The lowest BCUT2D eigenvalue weighted by molar-refractivity contribution is -0.131.